The van der Waals surface area contributed by atoms with Gasteiger partial charge in [-0.05, 0) is 45.7 Å². The molecule has 1 atom stereocenters. The molecule has 0 radical (unpaired) electrons. The molecule has 4 heteroatoms. The number of nitrogens with one attached hydrogen (secondary N) is 1. The summed E-state index contributed by atoms with van der Waals surface area (Å²) in [4.78, 5) is 7.09. The third kappa shape index (κ3) is 3.11. The molecule has 1 unspecified atom stereocenters. The normalized spacial score (nSPS) is 23.0. The fourth-order valence-electron chi connectivity index (χ4n) is 3.43. The third-order valence-corrected chi connectivity index (χ3v) is 4.63. The van der Waals surface area contributed by atoms with E-state index in [1.54, 1.807) is 0 Å². The summed E-state index contributed by atoms with van der Waals surface area (Å²) in [5.74, 6) is 1.07. The van der Waals surface area contributed by atoms with Crippen LogP contribution >= 0.6 is 0 Å². The van der Waals surface area contributed by atoms with E-state index < -0.39 is 0 Å². The molecule has 1 N–H and O–H groups in total. The fourth-order valence-corrected chi connectivity index (χ4v) is 3.43. The predicted octanol–water partition coefficient (Wildman–Crippen LogP) is 2.72. The average molecular weight is 262 g/mol. The number of hydrogen-bond donors (Lipinski definition) is 1. The zero-order valence-corrected chi connectivity index (χ0v) is 12.0. The molecule has 1 saturated heterocycles. The van der Waals surface area contributed by atoms with Gasteiger partial charge in [0.2, 0.25) is 5.95 Å². The average Bonchev–Trinajstić information content (AvgIpc) is 3.12. The first-order chi connectivity index (χ1) is 9.33. The lowest BCUT2D eigenvalue weighted by Gasteiger charge is -2.25. The largest absolute Gasteiger partial charge is 0.353 e. The van der Waals surface area contributed by atoms with E-state index in [0.29, 0.717) is 12.1 Å². The van der Waals surface area contributed by atoms with Crippen LogP contribution in [0.15, 0.2) is 12.4 Å². The van der Waals surface area contributed by atoms with Gasteiger partial charge in [0.15, 0.2) is 0 Å². The first-order valence-corrected chi connectivity index (χ1v) is 7.84. The highest BCUT2D eigenvalue weighted by molar-refractivity contribution is 5.28. The zero-order chi connectivity index (χ0) is 13.1. The number of imidazole rings is 1. The van der Waals surface area contributed by atoms with Crippen molar-refractivity contribution in [2.45, 2.75) is 64.1 Å². The van der Waals surface area contributed by atoms with Crippen molar-refractivity contribution in [1.29, 1.82) is 0 Å². The van der Waals surface area contributed by atoms with Crippen molar-refractivity contribution >= 4 is 5.95 Å². The number of anilines is 1. The molecule has 19 heavy (non-hydrogen) atoms. The van der Waals surface area contributed by atoms with Gasteiger partial charge in [0, 0.05) is 31.0 Å². The lowest BCUT2D eigenvalue weighted by atomic mass is 10.2. The van der Waals surface area contributed by atoms with E-state index in [4.69, 9.17) is 0 Å². The van der Waals surface area contributed by atoms with Gasteiger partial charge in [0.05, 0.1) is 0 Å². The standard InChI is InChI=1S/C15H26N4/c1-13(18-9-4-5-10-18)12-19-11-8-16-15(19)17-14-6-2-3-7-14/h8,11,13-14H,2-7,9-10,12H2,1H3,(H,16,17). The van der Waals surface area contributed by atoms with Crippen LogP contribution in [0.3, 0.4) is 0 Å². The van der Waals surface area contributed by atoms with Crippen molar-refractivity contribution in [1.82, 2.24) is 14.5 Å². The van der Waals surface area contributed by atoms with Crippen LogP contribution in [-0.4, -0.2) is 39.6 Å². The number of nitrogens with zero attached hydrogens (tertiary/aromatic N) is 3. The molecule has 106 valence electrons. The molecule has 1 aromatic heterocycles. The molecular formula is C15H26N4. The second kappa shape index (κ2) is 5.95. The molecule has 4 nitrogen and oxygen atoms in total. The smallest absolute Gasteiger partial charge is 0.203 e. The lowest BCUT2D eigenvalue weighted by Crippen LogP contribution is -2.34. The number of rotatable bonds is 5. The molecule has 0 spiro atoms. The van der Waals surface area contributed by atoms with Crippen LogP contribution < -0.4 is 5.32 Å². The molecule has 1 aliphatic carbocycles. The van der Waals surface area contributed by atoms with Crippen LogP contribution in [0.5, 0.6) is 0 Å². The van der Waals surface area contributed by atoms with Gasteiger partial charge in [-0.1, -0.05) is 12.8 Å². The summed E-state index contributed by atoms with van der Waals surface area (Å²) in [6.45, 7) is 5.92. The molecule has 0 aromatic carbocycles. The van der Waals surface area contributed by atoms with Crippen LogP contribution in [0.2, 0.25) is 0 Å². The van der Waals surface area contributed by atoms with Crippen molar-refractivity contribution < 1.29 is 0 Å². The summed E-state index contributed by atoms with van der Waals surface area (Å²) >= 11 is 0. The van der Waals surface area contributed by atoms with Gasteiger partial charge >= 0.3 is 0 Å². The van der Waals surface area contributed by atoms with E-state index in [1.165, 1.54) is 51.6 Å². The molecule has 0 bridgehead atoms. The molecule has 1 aliphatic heterocycles. The van der Waals surface area contributed by atoms with E-state index in [-0.39, 0.29) is 0 Å². The Morgan fingerprint density at radius 2 is 2.00 bits per heavy atom. The summed E-state index contributed by atoms with van der Waals surface area (Å²) in [7, 11) is 0. The van der Waals surface area contributed by atoms with Crippen molar-refractivity contribution in [3.8, 4) is 0 Å². The molecular weight excluding hydrogens is 236 g/mol. The minimum Gasteiger partial charge on any atom is -0.353 e. The maximum absolute atomic E-state index is 4.49. The quantitative estimate of drug-likeness (QED) is 0.885. The van der Waals surface area contributed by atoms with Crippen LogP contribution in [0.25, 0.3) is 0 Å². The molecule has 2 fully saturated rings. The van der Waals surface area contributed by atoms with Crippen LogP contribution in [0, 0.1) is 0 Å². The second-order valence-corrected chi connectivity index (χ2v) is 6.12. The number of likely N-dealkylation sites (tertiary alicyclic amines) is 1. The highest BCUT2D eigenvalue weighted by Gasteiger charge is 2.20. The summed E-state index contributed by atoms with van der Waals surface area (Å²) in [5, 5.41) is 3.62. The minimum absolute atomic E-state index is 0.612. The Bertz CT molecular complexity index is 389. The van der Waals surface area contributed by atoms with E-state index in [9.17, 15) is 0 Å². The monoisotopic (exact) mass is 262 g/mol. The summed E-state index contributed by atoms with van der Waals surface area (Å²) in [6.07, 6.45) is 12.1. The Labute approximate surface area is 116 Å². The third-order valence-electron chi connectivity index (χ3n) is 4.63. The van der Waals surface area contributed by atoms with E-state index in [1.807, 2.05) is 6.20 Å². The summed E-state index contributed by atoms with van der Waals surface area (Å²) in [5.41, 5.74) is 0. The van der Waals surface area contributed by atoms with Gasteiger partial charge in [0.25, 0.3) is 0 Å². The number of aromatic nitrogens is 2. The van der Waals surface area contributed by atoms with Gasteiger partial charge in [-0.2, -0.15) is 0 Å². The molecule has 0 amide bonds. The zero-order valence-electron chi connectivity index (χ0n) is 12.0. The maximum atomic E-state index is 4.49. The van der Waals surface area contributed by atoms with Crippen LogP contribution in [0.1, 0.15) is 45.4 Å². The van der Waals surface area contributed by atoms with Gasteiger partial charge in [0.1, 0.15) is 0 Å². The van der Waals surface area contributed by atoms with Gasteiger partial charge in [-0.15, -0.1) is 0 Å². The topological polar surface area (TPSA) is 33.1 Å². The second-order valence-electron chi connectivity index (χ2n) is 6.12. The van der Waals surface area contributed by atoms with E-state index in [2.05, 4.69) is 32.9 Å². The Hall–Kier alpha value is -1.03. The van der Waals surface area contributed by atoms with Crippen LogP contribution in [-0.2, 0) is 6.54 Å². The Morgan fingerprint density at radius 1 is 1.26 bits per heavy atom. The summed E-state index contributed by atoms with van der Waals surface area (Å²) < 4.78 is 2.29. The Morgan fingerprint density at radius 3 is 2.74 bits per heavy atom. The maximum Gasteiger partial charge on any atom is 0.203 e. The SMILES string of the molecule is CC(Cn1ccnc1NC1CCCC1)N1CCCC1. The van der Waals surface area contributed by atoms with E-state index in [0.717, 1.165) is 12.5 Å². The first-order valence-electron chi connectivity index (χ1n) is 7.84. The predicted molar refractivity (Wildman–Crippen MR) is 78.4 cm³/mol. The van der Waals surface area contributed by atoms with Gasteiger partial charge in [-0.3, -0.25) is 4.90 Å². The summed E-state index contributed by atoms with van der Waals surface area (Å²) in [6, 6.07) is 1.25. The van der Waals surface area contributed by atoms with Crippen molar-refractivity contribution in [3.05, 3.63) is 12.4 Å². The first kappa shape index (κ1) is 13.0. The lowest BCUT2D eigenvalue weighted by molar-refractivity contribution is 0.236. The van der Waals surface area contributed by atoms with Crippen LogP contribution in [0.4, 0.5) is 5.95 Å². The number of hydrogen-bond acceptors (Lipinski definition) is 3. The fraction of sp³-hybridized carbons (Fsp3) is 0.800. The highest BCUT2D eigenvalue weighted by Crippen LogP contribution is 2.22. The van der Waals surface area contributed by atoms with Crippen molar-refractivity contribution in [3.63, 3.8) is 0 Å². The minimum atomic E-state index is 0.612. The molecule has 2 heterocycles. The van der Waals surface area contributed by atoms with Gasteiger partial charge in [-0.25, -0.2) is 4.98 Å². The van der Waals surface area contributed by atoms with Crippen molar-refractivity contribution in [2.75, 3.05) is 18.4 Å². The Balaban J connectivity index is 1.59. The van der Waals surface area contributed by atoms with E-state index >= 15 is 0 Å². The molecule has 3 rings (SSSR count). The molecule has 2 aliphatic rings. The molecule has 1 saturated carbocycles. The molecule has 1 aromatic rings. The Kier molecular flexibility index (Phi) is 4.06. The highest BCUT2D eigenvalue weighted by atomic mass is 15.2. The van der Waals surface area contributed by atoms with Gasteiger partial charge < -0.3 is 9.88 Å². The van der Waals surface area contributed by atoms with Crippen molar-refractivity contribution in [2.24, 2.45) is 0 Å².